The second-order valence-corrected chi connectivity index (χ2v) is 6.41. The van der Waals surface area contributed by atoms with Gasteiger partial charge in [-0.2, -0.15) is 0 Å². The van der Waals surface area contributed by atoms with Crippen LogP contribution in [-0.2, 0) is 0 Å². The van der Waals surface area contributed by atoms with Gasteiger partial charge in [-0.25, -0.2) is 4.98 Å². The van der Waals surface area contributed by atoms with Gasteiger partial charge in [-0.1, -0.05) is 18.5 Å². The highest BCUT2D eigenvalue weighted by Crippen LogP contribution is 2.28. The molecular weight excluding hydrogens is 326 g/mol. The van der Waals surface area contributed by atoms with Gasteiger partial charge in [0.25, 0.3) is 0 Å². The summed E-state index contributed by atoms with van der Waals surface area (Å²) in [5.74, 6) is 1.72. The number of aromatic nitrogens is 1. The molecule has 0 amide bonds. The summed E-state index contributed by atoms with van der Waals surface area (Å²) in [6.07, 6.45) is 5.43. The summed E-state index contributed by atoms with van der Waals surface area (Å²) in [6, 6.07) is 1.92. The molecule has 0 saturated carbocycles. The maximum absolute atomic E-state index is 5.97. The minimum absolute atomic E-state index is 0.673. The predicted octanol–water partition coefficient (Wildman–Crippen LogP) is 3.71. The van der Waals surface area contributed by atoms with E-state index in [1.54, 1.807) is 6.20 Å². The molecule has 0 radical (unpaired) electrons. The zero-order chi connectivity index (χ0) is 13.7. The van der Waals surface area contributed by atoms with Crippen LogP contribution in [0.4, 0.5) is 5.82 Å². The van der Waals surface area contributed by atoms with Gasteiger partial charge in [-0.3, -0.25) is 0 Å². The van der Waals surface area contributed by atoms with Gasteiger partial charge in [0.2, 0.25) is 0 Å². The van der Waals surface area contributed by atoms with Crippen molar-refractivity contribution in [3.8, 4) is 0 Å². The van der Waals surface area contributed by atoms with E-state index in [0.29, 0.717) is 10.9 Å². The Bertz CT molecular complexity index is 408. The Morgan fingerprint density at radius 2 is 2.42 bits per heavy atom. The highest BCUT2D eigenvalue weighted by atomic mass is 79.9. The summed E-state index contributed by atoms with van der Waals surface area (Å²) >= 11 is 9.55. The fourth-order valence-corrected chi connectivity index (χ4v) is 3.47. The van der Waals surface area contributed by atoms with Crippen molar-refractivity contribution < 1.29 is 0 Å². The molecule has 5 heteroatoms. The molecule has 2 heterocycles. The highest BCUT2D eigenvalue weighted by Gasteiger charge is 2.19. The van der Waals surface area contributed by atoms with Crippen molar-refractivity contribution in [3.05, 3.63) is 21.8 Å². The van der Waals surface area contributed by atoms with Crippen molar-refractivity contribution in [3.63, 3.8) is 0 Å². The molecule has 1 fully saturated rings. The summed E-state index contributed by atoms with van der Waals surface area (Å²) < 4.78 is 0.984. The fourth-order valence-electron chi connectivity index (χ4n) is 2.59. The third-order valence-electron chi connectivity index (χ3n) is 3.46. The first-order valence-electron chi connectivity index (χ1n) is 6.97. The Hall–Kier alpha value is -0.320. The molecule has 19 heavy (non-hydrogen) atoms. The molecular formula is C14H21BrClN3. The fraction of sp³-hybridized carbons (Fsp3) is 0.643. The lowest BCUT2D eigenvalue weighted by Gasteiger charge is -2.31. The lowest BCUT2D eigenvalue weighted by molar-refractivity contribution is 0.376. The number of nitrogens with zero attached hydrogens (tertiary/aromatic N) is 2. The summed E-state index contributed by atoms with van der Waals surface area (Å²) in [5, 5.41) is 4.15. The molecule has 1 unspecified atom stereocenters. The standard InChI is InChI=1S/C14H21BrClN3/c1-2-6-19(10-11-4-3-5-17-8-11)14-13(15)7-12(16)9-18-14/h7,9,11,17H,2-6,8,10H2,1H3. The first-order chi connectivity index (χ1) is 9.20. The van der Waals surface area contributed by atoms with E-state index in [1.165, 1.54) is 12.8 Å². The average molecular weight is 347 g/mol. The Balaban J connectivity index is 2.09. The van der Waals surface area contributed by atoms with Crippen LogP contribution in [0.5, 0.6) is 0 Å². The van der Waals surface area contributed by atoms with E-state index in [9.17, 15) is 0 Å². The van der Waals surface area contributed by atoms with Crippen LogP contribution in [0.1, 0.15) is 26.2 Å². The molecule has 1 aromatic heterocycles. The molecule has 0 aliphatic carbocycles. The van der Waals surface area contributed by atoms with Gasteiger partial charge in [0.1, 0.15) is 5.82 Å². The molecule has 106 valence electrons. The Morgan fingerprint density at radius 3 is 3.05 bits per heavy atom. The molecule has 1 atom stereocenters. The van der Waals surface area contributed by atoms with Gasteiger partial charge in [0.15, 0.2) is 0 Å². The average Bonchev–Trinajstić information content (AvgIpc) is 2.39. The third kappa shape index (κ3) is 4.33. The molecule has 0 spiro atoms. The monoisotopic (exact) mass is 345 g/mol. The second kappa shape index (κ2) is 7.46. The van der Waals surface area contributed by atoms with Crippen LogP contribution in [0.15, 0.2) is 16.7 Å². The number of rotatable bonds is 5. The first kappa shape index (κ1) is 15.1. The van der Waals surface area contributed by atoms with Gasteiger partial charge in [-0.05, 0) is 60.3 Å². The van der Waals surface area contributed by atoms with Crippen molar-refractivity contribution >= 4 is 33.3 Å². The minimum atomic E-state index is 0.673. The topological polar surface area (TPSA) is 28.2 Å². The summed E-state index contributed by atoms with van der Waals surface area (Å²) in [6.45, 7) is 6.58. The number of piperidine rings is 1. The zero-order valence-electron chi connectivity index (χ0n) is 11.3. The minimum Gasteiger partial charge on any atom is -0.355 e. The predicted molar refractivity (Wildman–Crippen MR) is 85.0 cm³/mol. The lowest BCUT2D eigenvalue weighted by atomic mass is 9.99. The molecule has 3 nitrogen and oxygen atoms in total. The molecule has 2 rings (SSSR count). The summed E-state index contributed by atoms with van der Waals surface area (Å²) in [5.41, 5.74) is 0. The summed E-state index contributed by atoms with van der Waals surface area (Å²) in [4.78, 5) is 6.86. The van der Waals surface area contributed by atoms with Gasteiger partial charge in [0, 0.05) is 19.3 Å². The summed E-state index contributed by atoms with van der Waals surface area (Å²) in [7, 11) is 0. The van der Waals surface area contributed by atoms with E-state index in [-0.39, 0.29) is 0 Å². The molecule has 1 N–H and O–H groups in total. The van der Waals surface area contributed by atoms with Gasteiger partial charge in [0.05, 0.1) is 9.50 Å². The number of anilines is 1. The zero-order valence-corrected chi connectivity index (χ0v) is 13.7. The van der Waals surface area contributed by atoms with E-state index in [2.05, 4.69) is 38.1 Å². The Morgan fingerprint density at radius 1 is 1.58 bits per heavy atom. The van der Waals surface area contributed by atoms with Gasteiger partial charge < -0.3 is 10.2 Å². The van der Waals surface area contributed by atoms with Crippen molar-refractivity contribution in [2.75, 3.05) is 31.1 Å². The maximum atomic E-state index is 5.97. The number of hydrogen-bond donors (Lipinski definition) is 1. The van der Waals surface area contributed by atoms with Crippen LogP contribution in [0.2, 0.25) is 5.02 Å². The molecule has 0 aromatic carbocycles. The van der Waals surface area contributed by atoms with Crippen LogP contribution in [-0.4, -0.2) is 31.2 Å². The normalized spacial score (nSPS) is 19.4. The third-order valence-corrected chi connectivity index (χ3v) is 4.25. The van der Waals surface area contributed by atoms with E-state index in [0.717, 1.165) is 42.9 Å². The van der Waals surface area contributed by atoms with Crippen LogP contribution >= 0.6 is 27.5 Å². The number of pyridine rings is 1. The smallest absolute Gasteiger partial charge is 0.142 e. The first-order valence-corrected chi connectivity index (χ1v) is 8.14. The number of hydrogen-bond acceptors (Lipinski definition) is 3. The van der Waals surface area contributed by atoms with Crippen LogP contribution < -0.4 is 10.2 Å². The van der Waals surface area contributed by atoms with E-state index in [4.69, 9.17) is 11.6 Å². The quantitative estimate of drug-likeness (QED) is 0.881. The van der Waals surface area contributed by atoms with E-state index >= 15 is 0 Å². The molecule has 1 aromatic rings. The second-order valence-electron chi connectivity index (χ2n) is 5.12. The van der Waals surface area contributed by atoms with Crippen molar-refractivity contribution in [1.82, 2.24) is 10.3 Å². The van der Waals surface area contributed by atoms with Crippen LogP contribution in [0.3, 0.4) is 0 Å². The number of halogens is 2. The number of nitrogens with one attached hydrogen (secondary N) is 1. The van der Waals surface area contributed by atoms with E-state index in [1.807, 2.05) is 6.07 Å². The van der Waals surface area contributed by atoms with Crippen LogP contribution in [0, 0.1) is 5.92 Å². The van der Waals surface area contributed by atoms with Crippen LogP contribution in [0.25, 0.3) is 0 Å². The Kier molecular flexibility index (Phi) is 5.92. The van der Waals surface area contributed by atoms with Crippen molar-refractivity contribution in [1.29, 1.82) is 0 Å². The molecule has 0 bridgehead atoms. The van der Waals surface area contributed by atoms with Crippen molar-refractivity contribution in [2.24, 2.45) is 5.92 Å². The van der Waals surface area contributed by atoms with E-state index < -0.39 is 0 Å². The van der Waals surface area contributed by atoms with Gasteiger partial charge >= 0.3 is 0 Å². The SMILES string of the molecule is CCCN(CC1CCCNC1)c1ncc(Cl)cc1Br. The van der Waals surface area contributed by atoms with Crippen molar-refractivity contribution in [2.45, 2.75) is 26.2 Å². The highest BCUT2D eigenvalue weighted by molar-refractivity contribution is 9.10. The molecule has 1 aliphatic heterocycles. The largest absolute Gasteiger partial charge is 0.355 e. The molecule has 1 aliphatic rings. The van der Waals surface area contributed by atoms with Gasteiger partial charge in [-0.15, -0.1) is 0 Å². The molecule has 1 saturated heterocycles. The maximum Gasteiger partial charge on any atom is 0.142 e. The Labute approximate surface area is 128 Å². The lowest BCUT2D eigenvalue weighted by Crippen LogP contribution is -2.39.